The summed E-state index contributed by atoms with van der Waals surface area (Å²) in [5, 5.41) is 2.23. The minimum atomic E-state index is -2.20. The fourth-order valence-corrected chi connectivity index (χ4v) is 13.9. The molecule has 0 bridgehead atoms. The number of fused-ring (bicyclic) bond motifs is 3. The minimum absolute atomic E-state index is 0. The van der Waals surface area contributed by atoms with Crippen molar-refractivity contribution in [3.63, 3.8) is 0 Å². The standard InChI is InChI=1S/2C18H14N.C17H10NO.2C17H12N.C13H12N.2C12H10N.4Ir/c2*1-14-12-18(16-10-6-3-7-11-16)19-13-17(14)15-8-4-2-5-9-15;1-2-10-16-12(6-1)13-7-5-8-14(17(13)19-16)15-9-3-4-11-18-15;2*1-3-7-14(8-4-1)16-11-12-18-17(13-16)15-9-5-2-6-10-15;1-10-8-13(14-9-11(10)2)12-6-4-3-5-7-12;2*1-10-7-8-12(13-9-10)11-5-3-2-4-6-11;;;;/h2*2-10,12-13H,1H3;1-7,9-11H;2*1-9,11-13H;3-6,8-9H,1-2H3;2*2-5,7-9H,1H3;;;;/q8*-1;;;;/i1D3;;;;;2D3;2*1D3;;;;. The van der Waals surface area contributed by atoms with Gasteiger partial charge in [-0.05, 0) is 172 Å². The summed E-state index contributed by atoms with van der Waals surface area (Å²) in [6.45, 7) is -4.57. The Bertz CT molecular complexity index is 7500. The molecular formula is C124H94Ir4N8O-8. The number of para-hydroxylation sites is 1. The number of aromatic nitrogens is 8. The molecule has 9 aromatic heterocycles. The van der Waals surface area contributed by atoms with Crippen molar-refractivity contribution in [3.05, 3.63) is 544 Å². The molecule has 0 unspecified atom stereocenters. The molecule has 22 rings (SSSR count). The number of benzene rings is 13. The van der Waals surface area contributed by atoms with Crippen molar-refractivity contribution in [1.82, 2.24) is 39.9 Å². The third kappa shape index (κ3) is 29.7. The summed E-state index contributed by atoms with van der Waals surface area (Å²) in [4.78, 5) is 34.6. The molecule has 13 aromatic carbocycles. The number of aryl methyl sites for hydroxylation is 6. The molecule has 0 aliphatic carbocycles. The number of hydrogen-bond acceptors (Lipinski definition) is 9. The van der Waals surface area contributed by atoms with Crippen LogP contribution in [0.3, 0.4) is 0 Å². The van der Waals surface area contributed by atoms with E-state index in [1.807, 2.05) is 316 Å². The monoisotopic (exact) mass is 2490 g/mol. The average Bonchev–Trinajstić information content (AvgIpc) is 1.70. The van der Waals surface area contributed by atoms with Gasteiger partial charge in [0.15, 0.2) is 0 Å². The summed E-state index contributed by atoms with van der Waals surface area (Å²) in [6.07, 6.45) is 13.3. The SMILES string of the molecule is Cc1cc(-c2[c-]cccc2)ncc1-c1ccccc1.[2H]C([2H])([2H])c1cc(-c2[c-]cccc2)ncc1-c1ccccc1.[2H]C([2H])([2H])c1ccc(-c2[c-]cccc2)nc1.[2H]C([2H])([2H])c1ccc(-c2[c-]cccc2)nc1.[2H]C([2H])([2H])c1cnc(-c2[c-]cccc2)cc1C.[Ir].[Ir].[Ir].[Ir].[c-]1ccc2c(oc3ccccc32)c1-c1ccccn1.[c-]1ccccc1-c1cc(-c2ccccc2)ccn1.[c-]1ccccc1-c1cc(-c2ccccc2)ccn1. The molecule has 4 radical (unpaired) electrons. The van der Waals surface area contributed by atoms with E-state index in [-0.39, 0.29) is 91.5 Å². The van der Waals surface area contributed by atoms with E-state index >= 15 is 0 Å². The molecule has 0 atom stereocenters. The van der Waals surface area contributed by atoms with Crippen LogP contribution in [0.5, 0.6) is 0 Å². The van der Waals surface area contributed by atoms with Crippen molar-refractivity contribution < 1.29 is 101 Å². The maximum Gasteiger partial charge on any atom is 0.120 e. The Labute approximate surface area is 875 Å². The van der Waals surface area contributed by atoms with Gasteiger partial charge in [-0.15, -0.1) is 269 Å². The molecule has 13 heteroatoms. The zero-order chi connectivity index (χ0) is 101. The normalized spacial score (nSPS) is 11.7. The largest absolute Gasteiger partial charge is 0.501 e. The van der Waals surface area contributed by atoms with Crippen LogP contribution in [-0.2, 0) is 80.4 Å². The molecular weight excluding hydrogens is 2390 g/mol. The van der Waals surface area contributed by atoms with E-state index in [0.29, 0.717) is 22.4 Å². The molecule has 0 aliphatic rings. The fourth-order valence-electron chi connectivity index (χ4n) is 13.9. The number of hydrogen-bond donors (Lipinski definition) is 0. The minimum Gasteiger partial charge on any atom is -0.501 e. The van der Waals surface area contributed by atoms with Crippen molar-refractivity contribution in [3.8, 4) is 135 Å². The van der Waals surface area contributed by atoms with Crippen molar-refractivity contribution in [1.29, 1.82) is 0 Å². The third-order valence-corrected chi connectivity index (χ3v) is 20.7. The number of pyridine rings is 8. The summed E-state index contributed by atoms with van der Waals surface area (Å²) in [5.41, 5.74) is 27.4. The van der Waals surface area contributed by atoms with Crippen LogP contribution >= 0.6 is 0 Å². The Morgan fingerprint density at radius 3 is 0.927 bits per heavy atom. The Morgan fingerprint density at radius 1 is 0.219 bits per heavy atom. The first-order chi connectivity index (χ1) is 70.3. The molecule has 0 N–H and O–H groups in total. The summed E-state index contributed by atoms with van der Waals surface area (Å²) >= 11 is 0. The summed E-state index contributed by atoms with van der Waals surface area (Å²) < 4.78 is 94.9. The molecule has 9 nitrogen and oxygen atoms in total. The Hall–Kier alpha value is -14.5. The molecule has 0 saturated heterocycles. The molecule has 137 heavy (non-hydrogen) atoms. The van der Waals surface area contributed by atoms with Crippen LogP contribution in [0.15, 0.2) is 467 Å². The molecule has 680 valence electrons. The quantitative estimate of drug-likeness (QED) is 0.110. The second kappa shape index (κ2) is 54.1. The van der Waals surface area contributed by atoms with Crippen LogP contribution in [0.2, 0.25) is 0 Å². The summed E-state index contributed by atoms with van der Waals surface area (Å²) in [6, 6.07) is 157. The van der Waals surface area contributed by atoms with Gasteiger partial charge in [-0.1, -0.05) is 223 Å². The first kappa shape index (κ1) is 86.6. The Balaban J connectivity index is 0.000000161. The fraction of sp³-hybridized carbons (Fsp3) is 0.0484. The predicted octanol–water partition coefficient (Wildman–Crippen LogP) is 30.8. The molecule has 0 saturated carbocycles. The molecule has 22 aromatic rings. The Kier molecular flexibility index (Phi) is 34.2. The van der Waals surface area contributed by atoms with Gasteiger partial charge in [-0.2, -0.15) is 0 Å². The van der Waals surface area contributed by atoms with E-state index < -0.39 is 27.4 Å². The van der Waals surface area contributed by atoms with Crippen LogP contribution in [0.1, 0.15) is 49.8 Å². The van der Waals surface area contributed by atoms with Crippen molar-refractivity contribution in [2.45, 2.75) is 41.3 Å². The van der Waals surface area contributed by atoms with Crippen LogP contribution in [0, 0.1) is 89.8 Å². The summed E-state index contributed by atoms with van der Waals surface area (Å²) in [7, 11) is 0. The van der Waals surface area contributed by atoms with Crippen molar-refractivity contribution >= 4 is 21.9 Å². The van der Waals surface area contributed by atoms with E-state index in [9.17, 15) is 0 Å². The predicted molar refractivity (Wildman–Crippen MR) is 546 cm³/mol. The van der Waals surface area contributed by atoms with Crippen LogP contribution in [0.25, 0.3) is 157 Å². The van der Waals surface area contributed by atoms with Gasteiger partial charge in [-0.25, -0.2) is 0 Å². The van der Waals surface area contributed by atoms with Gasteiger partial charge in [0.05, 0.1) is 5.58 Å². The van der Waals surface area contributed by atoms with Gasteiger partial charge in [0.2, 0.25) is 0 Å². The van der Waals surface area contributed by atoms with Crippen LogP contribution < -0.4 is 0 Å². The van der Waals surface area contributed by atoms with E-state index in [1.54, 1.807) is 73.9 Å². The number of furan rings is 1. The van der Waals surface area contributed by atoms with E-state index in [1.165, 1.54) is 57.5 Å². The van der Waals surface area contributed by atoms with Gasteiger partial charge in [0.1, 0.15) is 5.58 Å². The van der Waals surface area contributed by atoms with E-state index in [0.717, 1.165) is 117 Å². The number of rotatable bonds is 12. The van der Waals surface area contributed by atoms with Gasteiger partial charge < -0.3 is 44.3 Å². The van der Waals surface area contributed by atoms with Crippen molar-refractivity contribution in [2.75, 3.05) is 0 Å². The topological polar surface area (TPSA) is 116 Å². The molecule has 0 fully saturated rings. The summed E-state index contributed by atoms with van der Waals surface area (Å²) in [5.74, 6) is 0. The molecule has 9 heterocycles. The third-order valence-electron chi connectivity index (χ3n) is 20.7. The second-order valence-electron chi connectivity index (χ2n) is 29.9. The molecule has 0 amide bonds. The van der Waals surface area contributed by atoms with E-state index in [2.05, 4.69) is 156 Å². The van der Waals surface area contributed by atoms with Crippen LogP contribution in [0.4, 0.5) is 0 Å². The maximum atomic E-state index is 7.82. The average molecular weight is 2490 g/mol. The van der Waals surface area contributed by atoms with Crippen LogP contribution in [-0.4, -0.2) is 39.9 Å². The van der Waals surface area contributed by atoms with E-state index in [4.69, 9.17) is 20.9 Å². The maximum absolute atomic E-state index is 7.82. The Morgan fingerprint density at radius 2 is 0.562 bits per heavy atom. The van der Waals surface area contributed by atoms with Gasteiger partial charge in [0.25, 0.3) is 0 Å². The molecule has 0 aliphatic heterocycles. The van der Waals surface area contributed by atoms with Gasteiger partial charge in [0, 0.05) is 163 Å². The molecule has 0 spiro atoms. The second-order valence-corrected chi connectivity index (χ2v) is 29.9. The first-order valence-electron chi connectivity index (χ1n) is 48.9. The smallest absolute Gasteiger partial charge is 0.120 e. The first-order valence-corrected chi connectivity index (χ1v) is 42.9. The van der Waals surface area contributed by atoms with Crippen molar-refractivity contribution in [2.24, 2.45) is 0 Å². The van der Waals surface area contributed by atoms with Gasteiger partial charge in [-0.3, -0.25) is 0 Å². The van der Waals surface area contributed by atoms with Gasteiger partial charge >= 0.3 is 0 Å². The number of nitrogens with zero attached hydrogens (tertiary/aromatic N) is 8. The zero-order valence-corrected chi connectivity index (χ0v) is 83.8. The zero-order valence-electron chi connectivity index (χ0n) is 86.2.